The first kappa shape index (κ1) is 17.7. The van der Waals surface area contributed by atoms with Crippen molar-refractivity contribution in [3.05, 3.63) is 78.1 Å². The Kier molecular flexibility index (Phi) is 4.02. The molecule has 4 aromatic heterocycles. The van der Waals surface area contributed by atoms with Crippen LogP contribution in [0.15, 0.2) is 72.5 Å². The minimum absolute atomic E-state index is 0.0516. The second kappa shape index (κ2) is 6.59. The zero-order valence-corrected chi connectivity index (χ0v) is 15.5. The number of ether oxygens (including phenoxy) is 1. The zero-order valence-electron chi connectivity index (χ0n) is 14.7. The van der Waals surface area contributed by atoms with E-state index in [1.54, 1.807) is 41.2 Å². The standard InChI is InChI=1S/C21H12F3N3OS/c22-21(23,24)16-12-14(28-20-19-13(6-8-26-20)7-11-29-19)4-5-15(16)17-2-1-3-18-25-9-10-27(17)18/h1-12H. The van der Waals surface area contributed by atoms with Crippen LogP contribution in [0.5, 0.6) is 11.6 Å². The van der Waals surface area contributed by atoms with Gasteiger partial charge in [-0.1, -0.05) is 6.07 Å². The van der Waals surface area contributed by atoms with Gasteiger partial charge in [-0.05, 0) is 53.2 Å². The largest absolute Gasteiger partial charge is 0.438 e. The van der Waals surface area contributed by atoms with E-state index in [0.29, 0.717) is 11.3 Å². The molecule has 0 fully saturated rings. The van der Waals surface area contributed by atoms with E-state index in [-0.39, 0.29) is 17.2 Å². The zero-order chi connectivity index (χ0) is 20.0. The lowest BCUT2D eigenvalue weighted by atomic mass is 10.0. The van der Waals surface area contributed by atoms with Gasteiger partial charge in [0.2, 0.25) is 5.88 Å². The van der Waals surface area contributed by atoms with E-state index in [0.717, 1.165) is 16.2 Å². The summed E-state index contributed by atoms with van der Waals surface area (Å²) in [4.78, 5) is 8.32. The van der Waals surface area contributed by atoms with Gasteiger partial charge in [0.05, 0.1) is 16.0 Å². The van der Waals surface area contributed by atoms with Crippen molar-refractivity contribution in [1.29, 1.82) is 0 Å². The van der Waals surface area contributed by atoms with Crippen LogP contribution < -0.4 is 4.74 Å². The lowest BCUT2D eigenvalue weighted by Gasteiger charge is -2.16. The van der Waals surface area contributed by atoms with Crippen molar-refractivity contribution in [2.75, 3.05) is 0 Å². The fourth-order valence-electron chi connectivity index (χ4n) is 3.26. The number of benzene rings is 1. The van der Waals surface area contributed by atoms with Crippen LogP contribution in [0.4, 0.5) is 13.2 Å². The average Bonchev–Trinajstić information content (AvgIpc) is 3.37. The maximum absolute atomic E-state index is 13.9. The highest BCUT2D eigenvalue weighted by Gasteiger charge is 2.35. The van der Waals surface area contributed by atoms with E-state index in [2.05, 4.69) is 9.97 Å². The van der Waals surface area contributed by atoms with Crippen molar-refractivity contribution >= 4 is 27.1 Å². The summed E-state index contributed by atoms with van der Waals surface area (Å²) in [7, 11) is 0. The molecule has 144 valence electrons. The number of hydrogen-bond acceptors (Lipinski definition) is 4. The highest BCUT2D eigenvalue weighted by atomic mass is 32.1. The Balaban J connectivity index is 1.63. The molecule has 0 aliphatic rings. The molecule has 0 saturated carbocycles. The van der Waals surface area contributed by atoms with Gasteiger partial charge in [-0.25, -0.2) is 9.97 Å². The van der Waals surface area contributed by atoms with E-state index >= 15 is 0 Å². The summed E-state index contributed by atoms with van der Waals surface area (Å²) in [6, 6.07) is 12.7. The van der Waals surface area contributed by atoms with Gasteiger partial charge in [-0.15, -0.1) is 11.3 Å². The van der Waals surface area contributed by atoms with E-state index in [4.69, 9.17) is 4.74 Å². The van der Waals surface area contributed by atoms with Gasteiger partial charge in [0, 0.05) is 24.2 Å². The summed E-state index contributed by atoms with van der Waals surface area (Å²) in [5, 5.41) is 2.81. The lowest BCUT2D eigenvalue weighted by Crippen LogP contribution is -2.08. The fraction of sp³-hybridized carbons (Fsp3) is 0.0476. The first-order valence-electron chi connectivity index (χ1n) is 8.64. The number of hydrogen-bond donors (Lipinski definition) is 0. The number of pyridine rings is 2. The van der Waals surface area contributed by atoms with Crippen molar-refractivity contribution in [3.8, 4) is 22.9 Å². The lowest BCUT2D eigenvalue weighted by molar-refractivity contribution is -0.137. The van der Waals surface area contributed by atoms with Gasteiger partial charge in [0.1, 0.15) is 11.4 Å². The molecule has 0 radical (unpaired) electrons. The minimum Gasteiger partial charge on any atom is -0.438 e. The molecule has 0 unspecified atom stereocenters. The Labute approximate surface area is 166 Å². The third-order valence-electron chi connectivity index (χ3n) is 4.55. The smallest absolute Gasteiger partial charge is 0.417 e. The van der Waals surface area contributed by atoms with Gasteiger partial charge in [0.15, 0.2) is 0 Å². The minimum atomic E-state index is -4.56. The molecule has 4 heterocycles. The summed E-state index contributed by atoms with van der Waals surface area (Å²) in [6.45, 7) is 0. The van der Waals surface area contributed by atoms with Gasteiger partial charge in [-0.2, -0.15) is 13.2 Å². The fourth-order valence-corrected chi connectivity index (χ4v) is 4.08. The molecular weight excluding hydrogens is 399 g/mol. The Morgan fingerprint density at radius 1 is 0.966 bits per heavy atom. The third kappa shape index (κ3) is 3.11. The van der Waals surface area contributed by atoms with Crippen LogP contribution in [0.2, 0.25) is 0 Å². The molecule has 0 N–H and O–H groups in total. The highest BCUT2D eigenvalue weighted by Crippen LogP contribution is 2.40. The quantitative estimate of drug-likeness (QED) is 0.344. The third-order valence-corrected chi connectivity index (χ3v) is 5.47. The SMILES string of the molecule is FC(F)(F)c1cc(Oc2nccc3ccsc23)ccc1-c1cccc2nccn12. The number of thiophene rings is 1. The highest BCUT2D eigenvalue weighted by molar-refractivity contribution is 7.17. The van der Waals surface area contributed by atoms with Crippen LogP contribution in [0.25, 0.3) is 27.0 Å². The van der Waals surface area contributed by atoms with Crippen LogP contribution >= 0.6 is 11.3 Å². The van der Waals surface area contributed by atoms with E-state index in [1.807, 2.05) is 17.5 Å². The predicted octanol–water partition coefficient (Wildman–Crippen LogP) is 6.42. The second-order valence-electron chi connectivity index (χ2n) is 6.33. The summed E-state index contributed by atoms with van der Waals surface area (Å²) in [6.07, 6.45) is 0.205. The summed E-state index contributed by atoms with van der Waals surface area (Å²) in [5.41, 5.74) is 0.243. The van der Waals surface area contributed by atoms with Crippen LogP contribution in [0.3, 0.4) is 0 Å². The Hall–Kier alpha value is -3.39. The number of alkyl halides is 3. The predicted molar refractivity (Wildman–Crippen MR) is 105 cm³/mol. The van der Waals surface area contributed by atoms with E-state index < -0.39 is 11.7 Å². The number of imidazole rings is 1. The number of rotatable bonds is 3. The van der Waals surface area contributed by atoms with Gasteiger partial charge >= 0.3 is 6.18 Å². The molecule has 1 aromatic carbocycles. The molecule has 0 bridgehead atoms. The number of halogens is 3. The molecular formula is C21H12F3N3OS. The number of nitrogens with zero attached hydrogens (tertiary/aromatic N) is 3. The molecule has 0 atom stereocenters. The molecule has 0 aliphatic carbocycles. The summed E-state index contributed by atoms with van der Waals surface area (Å²) in [5.74, 6) is 0.363. The maximum atomic E-state index is 13.9. The molecule has 8 heteroatoms. The van der Waals surface area contributed by atoms with Crippen molar-refractivity contribution < 1.29 is 17.9 Å². The monoisotopic (exact) mass is 411 g/mol. The van der Waals surface area contributed by atoms with Gasteiger partial charge in [0.25, 0.3) is 0 Å². The number of fused-ring (bicyclic) bond motifs is 2. The molecule has 0 saturated heterocycles. The van der Waals surface area contributed by atoms with E-state index in [1.165, 1.54) is 23.5 Å². The Bertz CT molecular complexity index is 1340. The average molecular weight is 411 g/mol. The number of aromatic nitrogens is 3. The normalized spacial score (nSPS) is 12.0. The van der Waals surface area contributed by atoms with Crippen molar-refractivity contribution in [2.24, 2.45) is 0 Å². The van der Waals surface area contributed by atoms with Crippen molar-refractivity contribution in [1.82, 2.24) is 14.4 Å². The van der Waals surface area contributed by atoms with E-state index in [9.17, 15) is 13.2 Å². The van der Waals surface area contributed by atoms with Crippen LogP contribution in [0, 0.1) is 0 Å². The molecule has 4 nitrogen and oxygen atoms in total. The molecule has 29 heavy (non-hydrogen) atoms. The molecule has 0 aliphatic heterocycles. The first-order chi connectivity index (χ1) is 14.0. The summed E-state index contributed by atoms with van der Waals surface area (Å²) >= 11 is 1.43. The topological polar surface area (TPSA) is 39.4 Å². The Morgan fingerprint density at radius 2 is 1.86 bits per heavy atom. The first-order valence-corrected chi connectivity index (χ1v) is 9.52. The molecule has 5 aromatic rings. The van der Waals surface area contributed by atoms with Gasteiger partial charge < -0.3 is 4.74 Å². The maximum Gasteiger partial charge on any atom is 0.417 e. The van der Waals surface area contributed by atoms with Crippen molar-refractivity contribution in [2.45, 2.75) is 6.18 Å². The van der Waals surface area contributed by atoms with Gasteiger partial charge in [-0.3, -0.25) is 4.40 Å². The molecule has 5 rings (SSSR count). The molecule has 0 amide bonds. The summed E-state index contributed by atoms with van der Waals surface area (Å²) < 4.78 is 49.8. The Morgan fingerprint density at radius 3 is 2.72 bits per heavy atom. The van der Waals surface area contributed by atoms with Crippen LogP contribution in [-0.4, -0.2) is 14.4 Å². The second-order valence-corrected chi connectivity index (χ2v) is 7.24. The van der Waals surface area contributed by atoms with Crippen LogP contribution in [0.1, 0.15) is 5.56 Å². The van der Waals surface area contributed by atoms with Crippen molar-refractivity contribution in [3.63, 3.8) is 0 Å². The van der Waals surface area contributed by atoms with Crippen LogP contribution in [-0.2, 0) is 6.18 Å². The molecule has 0 spiro atoms.